The van der Waals surface area contributed by atoms with Gasteiger partial charge in [-0.1, -0.05) is 0 Å². The van der Waals surface area contributed by atoms with Crippen LogP contribution in [0.15, 0.2) is 0 Å². The number of alkyl halides is 1. The lowest BCUT2D eigenvalue weighted by atomic mass is 9.86. The van der Waals surface area contributed by atoms with E-state index in [4.69, 9.17) is 0 Å². The lowest BCUT2D eigenvalue weighted by Gasteiger charge is -2.24. The van der Waals surface area contributed by atoms with Crippen LogP contribution in [0.2, 0.25) is 0 Å². The predicted octanol–water partition coefficient (Wildman–Crippen LogP) is 0.697. The molecule has 0 radical (unpaired) electrons. The van der Waals surface area contributed by atoms with Crippen LogP contribution < -0.4 is 0 Å². The summed E-state index contributed by atoms with van der Waals surface area (Å²) in [6, 6.07) is 0. The fourth-order valence-corrected chi connectivity index (χ4v) is 0.832. The zero-order valence-electron chi connectivity index (χ0n) is 8.09. The average molecular weight is 192 g/mol. The van der Waals surface area contributed by atoms with E-state index in [2.05, 4.69) is 9.47 Å². The van der Waals surface area contributed by atoms with E-state index in [1.54, 1.807) is 0 Å². The maximum Gasteiger partial charge on any atom is 0.325 e. The van der Waals surface area contributed by atoms with Gasteiger partial charge in [0, 0.05) is 0 Å². The van der Waals surface area contributed by atoms with Crippen molar-refractivity contribution in [3.05, 3.63) is 0 Å². The number of ether oxygens (including phenoxy) is 2. The van der Waals surface area contributed by atoms with Crippen LogP contribution in [0.25, 0.3) is 0 Å². The second-order valence-corrected chi connectivity index (χ2v) is 2.80. The van der Waals surface area contributed by atoms with Crippen LogP contribution in [0.5, 0.6) is 0 Å². The molecular formula is C8H13FO4. The smallest absolute Gasteiger partial charge is 0.325 e. The van der Waals surface area contributed by atoms with Crippen LogP contribution in [-0.2, 0) is 19.1 Å². The third kappa shape index (κ3) is 1.96. The third-order valence-electron chi connectivity index (χ3n) is 2.01. The number of hydrogen-bond acceptors (Lipinski definition) is 4. The van der Waals surface area contributed by atoms with Gasteiger partial charge in [0.05, 0.1) is 14.2 Å². The highest BCUT2D eigenvalue weighted by Crippen LogP contribution is 2.27. The molecule has 0 aliphatic rings. The molecule has 5 heteroatoms. The molecule has 0 aromatic rings. The van der Waals surface area contributed by atoms with Gasteiger partial charge in [0.25, 0.3) is 0 Å². The number of hydrogen-bond donors (Lipinski definition) is 0. The fraction of sp³-hybridized carbons (Fsp3) is 0.750. The molecule has 0 aliphatic carbocycles. The van der Waals surface area contributed by atoms with Gasteiger partial charge in [0.1, 0.15) is 6.17 Å². The van der Waals surface area contributed by atoms with Crippen molar-refractivity contribution < 1.29 is 23.5 Å². The molecule has 4 nitrogen and oxygen atoms in total. The first-order valence-corrected chi connectivity index (χ1v) is 3.72. The van der Waals surface area contributed by atoms with Gasteiger partial charge in [-0.15, -0.1) is 0 Å². The van der Waals surface area contributed by atoms with E-state index in [1.807, 2.05) is 0 Å². The summed E-state index contributed by atoms with van der Waals surface area (Å²) in [5.41, 5.74) is -1.87. The topological polar surface area (TPSA) is 52.6 Å². The van der Waals surface area contributed by atoms with Gasteiger partial charge in [-0.2, -0.15) is 0 Å². The number of carbonyl (C=O) groups excluding carboxylic acids is 2. The van der Waals surface area contributed by atoms with Gasteiger partial charge < -0.3 is 9.47 Å². The van der Waals surface area contributed by atoms with Crippen molar-refractivity contribution in [3.8, 4) is 0 Å². The maximum absolute atomic E-state index is 13.0. The summed E-state index contributed by atoms with van der Waals surface area (Å²) in [6.07, 6.45) is -1.66. The van der Waals surface area contributed by atoms with Gasteiger partial charge in [-0.3, -0.25) is 9.59 Å². The van der Waals surface area contributed by atoms with E-state index >= 15 is 0 Å². The molecular weight excluding hydrogens is 179 g/mol. The van der Waals surface area contributed by atoms with Crippen LogP contribution >= 0.6 is 0 Å². The van der Waals surface area contributed by atoms with Gasteiger partial charge in [-0.25, -0.2) is 4.39 Å². The highest BCUT2D eigenvalue weighted by atomic mass is 19.1. The Kier molecular flexibility index (Phi) is 3.84. The first-order valence-electron chi connectivity index (χ1n) is 3.72. The summed E-state index contributed by atoms with van der Waals surface area (Å²) in [6.45, 7) is 2.25. The first-order chi connectivity index (χ1) is 5.91. The molecule has 0 aromatic heterocycles. The molecule has 0 N–H and O–H groups in total. The maximum atomic E-state index is 13.0. The van der Waals surface area contributed by atoms with Crippen molar-refractivity contribution in [2.24, 2.45) is 5.41 Å². The molecule has 0 bridgehead atoms. The van der Waals surface area contributed by atoms with Gasteiger partial charge in [0.15, 0.2) is 5.41 Å². The Balaban J connectivity index is 4.94. The van der Waals surface area contributed by atoms with Gasteiger partial charge in [-0.05, 0) is 13.8 Å². The molecule has 0 heterocycles. The number of methoxy groups -OCH3 is 2. The first kappa shape index (κ1) is 11.9. The average Bonchev–Trinajstić information content (AvgIpc) is 2.13. The number of halogens is 1. The standard InChI is InChI=1S/C8H13FO4/c1-5(9)8(2,6(10)12-3)7(11)13-4/h5H,1-4H3. The highest BCUT2D eigenvalue weighted by Gasteiger charge is 2.49. The monoisotopic (exact) mass is 192 g/mol. The Morgan fingerprint density at radius 2 is 1.54 bits per heavy atom. The third-order valence-corrected chi connectivity index (χ3v) is 2.01. The van der Waals surface area contributed by atoms with E-state index < -0.39 is 23.5 Å². The normalized spacial score (nSPS) is 13.3. The van der Waals surface area contributed by atoms with Gasteiger partial charge >= 0.3 is 11.9 Å². The Morgan fingerprint density at radius 3 is 1.69 bits per heavy atom. The van der Waals surface area contributed by atoms with Gasteiger partial charge in [0.2, 0.25) is 0 Å². The summed E-state index contributed by atoms with van der Waals surface area (Å²) in [5.74, 6) is -1.87. The summed E-state index contributed by atoms with van der Waals surface area (Å²) in [5, 5.41) is 0. The minimum Gasteiger partial charge on any atom is -0.468 e. The molecule has 0 saturated heterocycles. The molecule has 1 atom stereocenters. The Bertz CT molecular complexity index is 196. The van der Waals surface area contributed by atoms with Crippen LogP contribution in [0.1, 0.15) is 13.8 Å². The molecule has 76 valence electrons. The molecule has 0 rings (SSSR count). The Labute approximate surface area is 76.0 Å². The molecule has 1 unspecified atom stereocenters. The summed E-state index contributed by atoms with van der Waals surface area (Å²) >= 11 is 0. The van der Waals surface area contributed by atoms with E-state index in [-0.39, 0.29) is 0 Å². The molecule has 0 saturated carbocycles. The molecule has 0 fully saturated rings. The largest absolute Gasteiger partial charge is 0.468 e. The lowest BCUT2D eigenvalue weighted by molar-refractivity contribution is -0.172. The number of esters is 2. The quantitative estimate of drug-likeness (QED) is 0.487. The zero-order chi connectivity index (χ0) is 10.6. The summed E-state index contributed by atoms with van der Waals surface area (Å²) in [7, 11) is 2.18. The van der Waals surface area contributed by atoms with Crippen molar-refractivity contribution in [2.75, 3.05) is 14.2 Å². The van der Waals surface area contributed by atoms with Crippen LogP contribution in [0.4, 0.5) is 4.39 Å². The van der Waals surface area contributed by atoms with E-state index in [9.17, 15) is 14.0 Å². The van der Waals surface area contributed by atoms with Crippen molar-refractivity contribution >= 4 is 11.9 Å². The van der Waals surface area contributed by atoms with E-state index in [1.165, 1.54) is 0 Å². The lowest BCUT2D eigenvalue weighted by Crippen LogP contribution is -2.44. The van der Waals surface area contributed by atoms with Crippen molar-refractivity contribution in [1.82, 2.24) is 0 Å². The summed E-state index contributed by atoms with van der Waals surface area (Å²) in [4.78, 5) is 22.2. The van der Waals surface area contributed by atoms with Crippen molar-refractivity contribution in [1.29, 1.82) is 0 Å². The minimum absolute atomic E-state index is 0.936. The second kappa shape index (κ2) is 4.20. The number of rotatable bonds is 3. The molecule has 13 heavy (non-hydrogen) atoms. The predicted molar refractivity (Wildman–Crippen MR) is 42.7 cm³/mol. The molecule has 0 aliphatic heterocycles. The summed E-state index contributed by atoms with van der Waals surface area (Å²) < 4.78 is 21.7. The Hall–Kier alpha value is -1.13. The highest BCUT2D eigenvalue weighted by molar-refractivity contribution is 6.00. The second-order valence-electron chi connectivity index (χ2n) is 2.80. The van der Waals surface area contributed by atoms with Crippen LogP contribution in [0, 0.1) is 5.41 Å². The van der Waals surface area contributed by atoms with Crippen LogP contribution in [0.3, 0.4) is 0 Å². The Morgan fingerprint density at radius 1 is 1.23 bits per heavy atom. The van der Waals surface area contributed by atoms with E-state index in [0.717, 1.165) is 28.1 Å². The SMILES string of the molecule is COC(=O)C(C)(C(=O)OC)C(C)F. The molecule has 0 aromatic carbocycles. The molecule has 0 spiro atoms. The van der Waals surface area contributed by atoms with Crippen molar-refractivity contribution in [3.63, 3.8) is 0 Å². The van der Waals surface area contributed by atoms with Crippen molar-refractivity contribution in [2.45, 2.75) is 20.0 Å². The minimum atomic E-state index is -1.87. The number of carbonyl (C=O) groups is 2. The van der Waals surface area contributed by atoms with Crippen LogP contribution in [-0.4, -0.2) is 32.3 Å². The van der Waals surface area contributed by atoms with E-state index in [0.29, 0.717) is 0 Å². The molecule has 0 amide bonds. The zero-order valence-corrected chi connectivity index (χ0v) is 8.09. The fourth-order valence-electron chi connectivity index (χ4n) is 0.832.